The first kappa shape index (κ1) is 15.4. The lowest BCUT2D eigenvalue weighted by atomic mass is 10.1. The van der Waals surface area contributed by atoms with Gasteiger partial charge in [0, 0.05) is 11.4 Å². The minimum absolute atomic E-state index is 0.104. The van der Waals surface area contributed by atoms with Crippen molar-refractivity contribution in [1.29, 1.82) is 0 Å². The molecule has 21 heavy (non-hydrogen) atoms. The maximum atomic E-state index is 12.3. The number of carbonyl (C=O) groups is 1. The van der Waals surface area contributed by atoms with E-state index in [1.807, 2.05) is 43.3 Å². The second-order valence-corrected chi connectivity index (χ2v) is 5.07. The van der Waals surface area contributed by atoms with E-state index < -0.39 is 0 Å². The molecule has 0 spiro atoms. The van der Waals surface area contributed by atoms with Crippen LogP contribution in [0.25, 0.3) is 0 Å². The Morgan fingerprint density at radius 2 is 2.00 bits per heavy atom. The first-order chi connectivity index (χ1) is 10.1. The molecule has 0 heterocycles. The Bertz CT molecular complexity index is 628. The highest BCUT2D eigenvalue weighted by Crippen LogP contribution is 2.19. The van der Waals surface area contributed by atoms with E-state index in [1.165, 1.54) is 0 Å². The van der Waals surface area contributed by atoms with Crippen LogP contribution in [0.3, 0.4) is 0 Å². The van der Waals surface area contributed by atoms with Gasteiger partial charge in [0.25, 0.3) is 5.91 Å². The molecule has 1 atom stereocenters. The van der Waals surface area contributed by atoms with Crippen molar-refractivity contribution in [1.82, 2.24) is 5.32 Å². The van der Waals surface area contributed by atoms with Crippen molar-refractivity contribution < 1.29 is 9.53 Å². The molecule has 1 N–H and O–H groups in total. The van der Waals surface area contributed by atoms with Crippen LogP contribution in [0.4, 0.5) is 0 Å². The van der Waals surface area contributed by atoms with Gasteiger partial charge in [-0.05, 0) is 42.3 Å². The molecule has 1 amide bonds. The fraction of sp³-hybridized carbons (Fsp3) is 0.235. The van der Waals surface area contributed by atoms with Gasteiger partial charge < -0.3 is 10.1 Å². The number of nitrogens with one attached hydrogen (secondary N) is 1. The van der Waals surface area contributed by atoms with Crippen LogP contribution in [0.5, 0.6) is 5.75 Å². The molecule has 2 aromatic rings. The summed E-state index contributed by atoms with van der Waals surface area (Å²) in [5.74, 6) is 1.06. The fourth-order valence-corrected chi connectivity index (χ4v) is 2.24. The number of hydrogen-bond donors (Lipinski definition) is 1. The lowest BCUT2D eigenvalue weighted by Crippen LogP contribution is -2.26. The Morgan fingerprint density at radius 3 is 2.71 bits per heavy atom. The average molecular weight is 304 g/mol. The largest absolute Gasteiger partial charge is 0.497 e. The lowest BCUT2D eigenvalue weighted by molar-refractivity contribution is 0.0939. The number of amides is 1. The zero-order valence-corrected chi connectivity index (χ0v) is 12.9. The third-order valence-electron chi connectivity index (χ3n) is 3.28. The Balaban J connectivity index is 2.10. The molecule has 0 bridgehead atoms. The minimum Gasteiger partial charge on any atom is -0.497 e. The predicted molar refractivity (Wildman–Crippen MR) is 84.9 cm³/mol. The summed E-state index contributed by atoms with van der Waals surface area (Å²) < 4.78 is 5.20. The third-order valence-corrected chi connectivity index (χ3v) is 3.59. The smallest absolute Gasteiger partial charge is 0.251 e. The normalized spacial score (nSPS) is 11.8. The van der Waals surface area contributed by atoms with Gasteiger partial charge in [-0.1, -0.05) is 24.3 Å². The molecule has 0 saturated carbocycles. The Morgan fingerprint density at radius 1 is 1.24 bits per heavy atom. The monoisotopic (exact) mass is 303 g/mol. The van der Waals surface area contributed by atoms with Crippen molar-refractivity contribution in [3.05, 3.63) is 65.2 Å². The van der Waals surface area contributed by atoms with Gasteiger partial charge in [0.2, 0.25) is 0 Å². The van der Waals surface area contributed by atoms with E-state index in [9.17, 15) is 4.79 Å². The van der Waals surface area contributed by atoms with Gasteiger partial charge in [-0.25, -0.2) is 0 Å². The van der Waals surface area contributed by atoms with E-state index in [4.69, 9.17) is 16.3 Å². The van der Waals surface area contributed by atoms with Gasteiger partial charge in [-0.2, -0.15) is 0 Å². The zero-order chi connectivity index (χ0) is 15.2. The van der Waals surface area contributed by atoms with Crippen LogP contribution in [-0.2, 0) is 5.88 Å². The standard InChI is InChI=1S/C17H18ClNO2/c1-12(14-6-4-8-16(10-14)21-2)19-17(20)15-7-3-5-13(9-15)11-18/h3-10,12H,11H2,1-2H3,(H,19,20)/t12-/m0/s1. The summed E-state index contributed by atoms with van der Waals surface area (Å²) in [5.41, 5.74) is 2.54. The van der Waals surface area contributed by atoms with Crippen molar-refractivity contribution in [3.8, 4) is 5.75 Å². The summed E-state index contributed by atoms with van der Waals surface area (Å²) in [6.45, 7) is 1.94. The maximum absolute atomic E-state index is 12.3. The molecule has 2 aromatic carbocycles. The van der Waals surface area contributed by atoms with Crippen molar-refractivity contribution in [2.24, 2.45) is 0 Å². The summed E-state index contributed by atoms with van der Waals surface area (Å²) in [4.78, 5) is 12.3. The first-order valence-electron chi connectivity index (χ1n) is 6.73. The van der Waals surface area contributed by atoms with E-state index in [0.29, 0.717) is 11.4 Å². The Labute approximate surface area is 129 Å². The fourth-order valence-electron chi connectivity index (χ4n) is 2.07. The van der Waals surface area contributed by atoms with Crippen molar-refractivity contribution in [2.75, 3.05) is 7.11 Å². The molecule has 0 aromatic heterocycles. The highest BCUT2D eigenvalue weighted by Gasteiger charge is 2.12. The summed E-state index contributed by atoms with van der Waals surface area (Å²) in [6, 6.07) is 14.9. The lowest BCUT2D eigenvalue weighted by Gasteiger charge is -2.15. The second-order valence-electron chi connectivity index (χ2n) is 4.81. The van der Waals surface area contributed by atoms with Crippen LogP contribution >= 0.6 is 11.6 Å². The molecule has 0 fully saturated rings. The number of rotatable bonds is 5. The van der Waals surface area contributed by atoms with Gasteiger partial charge in [0.15, 0.2) is 0 Å². The van der Waals surface area contributed by atoms with Gasteiger partial charge in [-0.3, -0.25) is 4.79 Å². The van der Waals surface area contributed by atoms with E-state index in [1.54, 1.807) is 19.2 Å². The Hall–Kier alpha value is -2.00. The number of hydrogen-bond acceptors (Lipinski definition) is 2. The number of carbonyl (C=O) groups excluding carboxylic acids is 1. The third kappa shape index (κ3) is 3.99. The molecule has 0 aliphatic rings. The van der Waals surface area contributed by atoms with Crippen LogP contribution in [0.2, 0.25) is 0 Å². The first-order valence-corrected chi connectivity index (χ1v) is 7.27. The van der Waals surface area contributed by atoms with Crippen LogP contribution in [0.1, 0.15) is 34.5 Å². The molecule has 2 rings (SSSR count). The summed E-state index contributed by atoms with van der Waals surface area (Å²) in [7, 11) is 1.63. The molecule has 4 heteroatoms. The molecular formula is C17H18ClNO2. The topological polar surface area (TPSA) is 38.3 Å². The highest BCUT2D eigenvalue weighted by molar-refractivity contribution is 6.17. The van der Waals surface area contributed by atoms with E-state index >= 15 is 0 Å². The second kappa shape index (κ2) is 7.14. The average Bonchev–Trinajstić information content (AvgIpc) is 2.54. The van der Waals surface area contributed by atoms with Crippen molar-refractivity contribution >= 4 is 17.5 Å². The molecule has 110 valence electrons. The maximum Gasteiger partial charge on any atom is 0.251 e. The summed E-state index contributed by atoms with van der Waals surface area (Å²) in [5, 5.41) is 2.98. The van der Waals surface area contributed by atoms with Crippen LogP contribution in [-0.4, -0.2) is 13.0 Å². The van der Waals surface area contributed by atoms with Crippen molar-refractivity contribution in [2.45, 2.75) is 18.8 Å². The number of ether oxygens (including phenoxy) is 1. The van der Waals surface area contributed by atoms with Crippen molar-refractivity contribution in [3.63, 3.8) is 0 Å². The van der Waals surface area contributed by atoms with E-state index in [2.05, 4.69) is 5.32 Å². The molecular weight excluding hydrogens is 286 g/mol. The highest BCUT2D eigenvalue weighted by atomic mass is 35.5. The van der Waals surface area contributed by atoms with Crippen LogP contribution in [0.15, 0.2) is 48.5 Å². The number of halogens is 1. The number of methoxy groups -OCH3 is 1. The van der Waals surface area contributed by atoms with E-state index in [-0.39, 0.29) is 11.9 Å². The van der Waals surface area contributed by atoms with E-state index in [0.717, 1.165) is 16.9 Å². The Kier molecular flexibility index (Phi) is 5.23. The van der Waals surface area contributed by atoms with Crippen LogP contribution < -0.4 is 10.1 Å². The number of alkyl halides is 1. The molecule has 0 unspecified atom stereocenters. The molecule has 0 saturated heterocycles. The van der Waals surface area contributed by atoms with Gasteiger partial charge in [0.1, 0.15) is 5.75 Å². The molecule has 0 aliphatic carbocycles. The summed E-state index contributed by atoms with van der Waals surface area (Å²) in [6.07, 6.45) is 0. The predicted octanol–water partition coefficient (Wildman–Crippen LogP) is 3.93. The quantitative estimate of drug-likeness (QED) is 0.850. The molecule has 0 aliphatic heterocycles. The minimum atomic E-state index is -0.114. The SMILES string of the molecule is COc1cccc([C@H](C)NC(=O)c2cccc(CCl)c2)c1. The van der Waals surface area contributed by atoms with Crippen LogP contribution in [0, 0.1) is 0 Å². The summed E-state index contributed by atoms with van der Waals surface area (Å²) >= 11 is 5.79. The molecule has 0 radical (unpaired) electrons. The zero-order valence-electron chi connectivity index (χ0n) is 12.1. The van der Waals surface area contributed by atoms with Gasteiger partial charge in [0.05, 0.1) is 13.2 Å². The number of benzene rings is 2. The molecule has 3 nitrogen and oxygen atoms in total. The van der Waals surface area contributed by atoms with Gasteiger partial charge in [-0.15, -0.1) is 11.6 Å². The van der Waals surface area contributed by atoms with Gasteiger partial charge >= 0.3 is 0 Å².